The van der Waals surface area contributed by atoms with Gasteiger partial charge in [-0.3, -0.25) is 0 Å². The molecule has 0 aromatic rings. The lowest BCUT2D eigenvalue weighted by molar-refractivity contribution is 0.412. The molecule has 0 aliphatic heterocycles. The summed E-state index contributed by atoms with van der Waals surface area (Å²) in [6.07, 6.45) is 4.14. The Morgan fingerprint density at radius 3 is 2.00 bits per heavy atom. The van der Waals surface area contributed by atoms with Crippen LogP contribution in [0.5, 0.6) is 0 Å². The summed E-state index contributed by atoms with van der Waals surface area (Å²) in [7, 11) is 0. The minimum atomic E-state index is 0.881. The fraction of sp³-hybridized carbons (Fsp3) is 1.00. The summed E-state index contributed by atoms with van der Waals surface area (Å²) >= 11 is 0. The Balaban J connectivity index is 3.15. The lowest BCUT2D eigenvalue weighted by atomic mass is 9.95. The zero-order valence-electron chi connectivity index (χ0n) is 7.28. The molecule has 1 unspecified atom stereocenters. The quantitative estimate of drug-likeness (QED) is 0.544. The van der Waals surface area contributed by atoms with E-state index >= 15 is 0 Å². The van der Waals surface area contributed by atoms with Gasteiger partial charge < -0.3 is 0 Å². The molecule has 1 atom stereocenters. The highest BCUT2D eigenvalue weighted by molar-refractivity contribution is 4.54. The third kappa shape index (κ3) is 5.88. The Morgan fingerprint density at radius 1 is 1.11 bits per heavy atom. The van der Waals surface area contributed by atoms with Crippen LogP contribution in [0.2, 0.25) is 0 Å². The molecule has 0 heteroatoms. The number of rotatable bonds is 4. The zero-order valence-corrected chi connectivity index (χ0v) is 7.28. The Bertz CT molecular complexity index is 55.1. The molecular formula is C9H20. The first-order valence-electron chi connectivity index (χ1n) is 4.16. The summed E-state index contributed by atoms with van der Waals surface area (Å²) in [6, 6.07) is 0. The van der Waals surface area contributed by atoms with Crippen LogP contribution in [0.3, 0.4) is 0 Å². The van der Waals surface area contributed by atoms with Crippen LogP contribution in [0.1, 0.15) is 47.0 Å². The molecule has 0 aliphatic rings. The van der Waals surface area contributed by atoms with E-state index in [1.165, 1.54) is 19.3 Å². The lowest BCUT2D eigenvalue weighted by Gasteiger charge is -2.11. The Kier molecular flexibility index (Phi) is 4.84. The minimum Gasteiger partial charge on any atom is -0.0654 e. The standard InChI is InChI=1S/C9H20/c1-5-6-9(4)7-8(2)3/h8-9H,5-7H2,1-4H3. The Labute approximate surface area is 59.7 Å². The van der Waals surface area contributed by atoms with E-state index in [2.05, 4.69) is 27.7 Å². The second-order valence-electron chi connectivity index (χ2n) is 3.52. The van der Waals surface area contributed by atoms with Gasteiger partial charge in [0.25, 0.3) is 0 Å². The molecule has 9 heavy (non-hydrogen) atoms. The average molecular weight is 128 g/mol. The maximum atomic E-state index is 2.35. The van der Waals surface area contributed by atoms with Crippen LogP contribution < -0.4 is 0 Å². The molecule has 0 bridgehead atoms. The molecule has 0 amide bonds. The van der Waals surface area contributed by atoms with Crippen LogP contribution in [-0.4, -0.2) is 0 Å². The maximum absolute atomic E-state index is 2.35. The van der Waals surface area contributed by atoms with Gasteiger partial charge in [0.15, 0.2) is 0 Å². The van der Waals surface area contributed by atoms with Crippen molar-refractivity contribution in [3.63, 3.8) is 0 Å². The first-order valence-corrected chi connectivity index (χ1v) is 4.16. The molecule has 0 aliphatic carbocycles. The van der Waals surface area contributed by atoms with Crippen molar-refractivity contribution in [1.29, 1.82) is 0 Å². The Morgan fingerprint density at radius 2 is 1.67 bits per heavy atom. The van der Waals surface area contributed by atoms with Gasteiger partial charge in [-0.15, -0.1) is 0 Å². The van der Waals surface area contributed by atoms with E-state index in [0.29, 0.717) is 0 Å². The zero-order chi connectivity index (χ0) is 7.28. The van der Waals surface area contributed by atoms with Gasteiger partial charge in [0.05, 0.1) is 0 Å². The van der Waals surface area contributed by atoms with Crippen molar-refractivity contribution < 1.29 is 0 Å². The van der Waals surface area contributed by atoms with Gasteiger partial charge in [-0.1, -0.05) is 40.5 Å². The summed E-state index contributed by atoms with van der Waals surface area (Å²) in [4.78, 5) is 0. The molecule has 56 valence electrons. The van der Waals surface area contributed by atoms with Crippen LogP contribution in [0.4, 0.5) is 0 Å². The first-order chi connectivity index (χ1) is 4.16. The van der Waals surface area contributed by atoms with Gasteiger partial charge in [-0.05, 0) is 18.3 Å². The monoisotopic (exact) mass is 128 g/mol. The molecule has 0 radical (unpaired) electrons. The van der Waals surface area contributed by atoms with Crippen molar-refractivity contribution >= 4 is 0 Å². The molecule has 0 nitrogen and oxygen atoms in total. The second kappa shape index (κ2) is 4.84. The van der Waals surface area contributed by atoms with Crippen molar-refractivity contribution in [2.24, 2.45) is 11.8 Å². The fourth-order valence-corrected chi connectivity index (χ4v) is 1.42. The Hall–Kier alpha value is 0. The predicted molar refractivity (Wildman–Crippen MR) is 43.5 cm³/mol. The van der Waals surface area contributed by atoms with Gasteiger partial charge in [0.2, 0.25) is 0 Å². The van der Waals surface area contributed by atoms with E-state index in [0.717, 1.165) is 11.8 Å². The normalized spacial score (nSPS) is 14.3. The van der Waals surface area contributed by atoms with Gasteiger partial charge >= 0.3 is 0 Å². The van der Waals surface area contributed by atoms with Crippen LogP contribution >= 0.6 is 0 Å². The van der Waals surface area contributed by atoms with Crippen LogP contribution in [0.25, 0.3) is 0 Å². The van der Waals surface area contributed by atoms with Gasteiger partial charge in [-0.25, -0.2) is 0 Å². The molecule has 0 rings (SSSR count). The van der Waals surface area contributed by atoms with Crippen molar-refractivity contribution in [1.82, 2.24) is 0 Å². The molecule has 0 aromatic heterocycles. The highest BCUT2D eigenvalue weighted by atomic mass is 14.1. The molecule has 0 saturated heterocycles. The highest BCUT2D eigenvalue weighted by Crippen LogP contribution is 2.15. The third-order valence-corrected chi connectivity index (χ3v) is 1.66. The summed E-state index contributed by atoms with van der Waals surface area (Å²) in [5.74, 6) is 1.82. The molecule has 0 saturated carbocycles. The lowest BCUT2D eigenvalue weighted by Crippen LogP contribution is -1.98. The molecule has 0 fully saturated rings. The van der Waals surface area contributed by atoms with E-state index in [1.807, 2.05) is 0 Å². The van der Waals surface area contributed by atoms with Gasteiger partial charge in [0, 0.05) is 0 Å². The smallest absolute Gasteiger partial charge is 0.0440 e. The van der Waals surface area contributed by atoms with Crippen molar-refractivity contribution in [3.05, 3.63) is 0 Å². The molecule has 0 N–H and O–H groups in total. The van der Waals surface area contributed by atoms with Crippen molar-refractivity contribution in [2.75, 3.05) is 0 Å². The highest BCUT2D eigenvalue weighted by Gasteiger charge is 2.02. The maximum Gasteiger partial charge on any atom is -0.0440 e. The van der Waals surface area contributed by atoms with E-state index in [4.69, 9.17) is 0 Å². The molecule has 0 spiro atoms. The molecule has 0 aromatic carbocycles. The van der Waals surface area contributed by atoms with Crippen molar-refractivity contribution in [3.8, 4) is 0 Å². The second-order valence-corrected chi connectivity index (χ2v) is 3.52. The van der Waals surface area contributed by atoms with E-state index in [9.17, 15) is 0 Å². The minimum absolute atomic E-state index is 0.881. The van der Waals surface area contributed by atoms with Gasteiger partial charge in [0.1, 0.15) is 0 Å². The third-order valence-electron chi connectivity index (χ3n) is 1.66. The number of hydrogen-bond acceptors (Lipinski definition) is 0. The van der Waals surface area contributed by atoms with Crippen molar-refractivity contribution in [2.45, 2.75) is 47.0 Å². The van der Waals surface area contributed by atoms with Gasteiger partial charge in [-0.2, -0.15) is 0 Å². The fourth-order valence-electron chi connectivity index (χ4n) is 1.42. The van der Waals surface area contributed by atoms with E-state index in [1.54, 1.807) is 0 Å². The van der Waals surface area contributed by atoms with E-state index in [-0.39, 0.29) is 0 Å². The van der Waals surface area contributed by atoms with E-state index < -0.39 is 0 Å². The first kappa shape index (κ1) is 9.00. The number of hydrogen-bond donors (Lipinski definition) is 0. The summed E-state index contributed by atoms with van der Waals surface area (Å²) in [5, 5.41) is 0. The van der Waals surface area contributed by atoms with Crippen LogP contribution in [0.15, 0.2) is 0 Å². The largest absolute Gasteiger partial charge is 0.0654 e. The predicted octanol–water partition coefficient (Wildman–Crippen LogP) is 3.47. The van der Waals surface area contributed by atoms with Crippen LogP contribution in [-0.2, 0) is 0 Å². The molecular weight excluding hydrogens is 108 g/mol. The topological polar surface area (TPSA) is 0 Å². The average Bonchev–Trinajstić information content (AvgIpc) is 1.63. The summed E-state index contributed by atoms with van der Waals surface area (Å²) in [6.45, 7) is 9.21. The SMILES string of the molecule is CCCC(C)CC(C)C. The summed E-state index contributed by atoms with van der Waals surface area (Å²) in [5.41, 5.74) is 0. The summed E-state index contributed by atoms with van der Waals surface area (Å²) < 4.78 is 0. The molecule has 0 heterocycles. The van der Waals surface area contributed by atoms with Crippen LogP contribution in [0, 0.1) is 11.8 Å².